The first-order valence-electron chi connectivity index (χ1n) is 22.5. The molecule has 1 amide bonds. The Balaban J connectivity index is 1.24. The summed E-state index contributed by atoms with van der Waals surface area (Å²) in [4.78, 5) is 40.5. The first kappa shape index (κ1) is 48.5. The van der Waals surface area contributed by atoms with E-state index in [1.165, 1.54) is 25.6 Å². The van der Waals surface area contributed by atoms with E-state index in [9.17, 15) is 39.9 Å². The molecule has 4 aliphatic rings. The second kappa shape index (κ2) is 22.4. The fraction of sp³-hybridized carbons (Fsp3) is 0.630. The maximum atomic E-state index is 14.0. The van der Waals surface area contributed by atoms with Gasteiger partial charge < -0.3 is 64.0 Å². The van der Waals surface area contributed by atoms with Crippen LogP contribution in [-0.4, -0.2) is 152 Å². The summed E-state index contributed by atoms with van der Waals surface area (Å²) in [7, 11) is 1.25. The van der Waals surface area contributed by atoms with Crippen molar-refractivity contribution < 1.29 is 73.1 Å². The average Bonchev–Trinajstić information content (AvgIpc) is 3.82. The van der Waals surface area contributed by atoms with E-state index in [4.69, 9.17) is 33.2 Å². The molecule has 19 heteroatoms. The molecule has 2 aliphatic heterocycles. The highest BCUT2D eigenvalue weighted by Crippen LogP contribution is 2.41. The summed E-state index contributed by atoms with van der Waals surface area (Å²) in [5.41, 5.74) is 2.00. The number of esters is 2. The number of carbonyl (C=O) groups excluding carboxylic acids is 3. The number of methoxy groups -OCH3 is 1. The van der Waals surface area contributed by atoms with Gasteiger partial charge in [-0.3, -0.25) is 9.59 Å². The number of nitrogens with zero attached hydrogens (tertiary/aromatic N) is 3. The van der Waals surface area contributed by atoms with Gasteiger partial charge in [0.25, 0.3) is 0 Å². The zero-order valence-corrected chi connectivity index (χ0v) is 36.8. The Morgan fingerprint density at radius 3 is 2.25 bits per heavy atom. The van der Waals surface area contributed by atoms with Crippen LogP contribution in [0.1, 0.15) is 76.8 Å². The van der Waals surface area contributed by atoms with E-state index in [0.29, 0.717) is 5.69 Å². The van der Waals surface area contributed by atoms with Gasteiger partial charge in [-0.25, -0.2) is 9.48 Å². The van der Waals surface area contributed by atoms with E-state index in [-0.39, 0.29) is 31.8 Å². The smallest absolute Gasteiger partial charge is 0.335 e. The molecule has 3 heterocycles. The van der Waals surface area contributed by atoms with Gasteiger partial charge in [0, 0.05) is 12.5 Å². The summed E-state index contributed by atoms with van der Waals surface area (Å²) in [6, 6.07) is 16.2. The van der Waals surface area contributed by atoms with E-state index in [1.54, 1.807) is 6.20 Å². The maximum Gasteiger partial charge on any atom is 0.335 e. The number of benzene rings is 2. The molecular weight excluding hydrogens is 849 g/mol. The van der Waals surface area contributed by atoms with Gasteiger partial charge in [0.05, 0.1) is 44.1 Å². The van der Waals surface area contributed by atoms with Crippen molar-refractivity contribution in [3.05, 3.63) is 72.4 Å². The van der Waals surface area contributed by atoms with Gasteiger partial charge in [0.1, 0.15) is 61.1 Å². The van der Waals surface area contributed by atoms with Crippen molar-refractivity contribution in [3.63, 3.8) is 0 Å². The SMILES string of the molecule is COC(=O)C1CC(n2cc(-c3ccccc3)nn2)C(O[C@@H]2OC(C)[C@@H](O)C(O)C2O)[C@H](O[C@@H]2OC(CO)[C@H](O)C(O[C@@H](CC3CCCCC3)C(=O)OCc3ccccc3)C2NC(C)=O)C1. The van der Waals surface area contributed by atoms with Crippen molar-refractivity contribution in [2.45, 2.75) is 158 Å². The fourth-order valence-electron chi connectivity index (χ4n) is 9.42. The van der Waals surface area contributed by atoms with E-state index in [0.717, 1.165) is 43.2 Å². The fourth-order valence-corrected chi connectivity index (χ4v) is 9.42. The van der Waals surface area contributed by atoms with E-state index >= 15 is 0 Å². The number of ether oxygens (including phenoxy) is 7. The average molecular weight is 911 g/mol. The lowest BCUT2D eigenvalue weighted by Gasteiger charge is -2.49. The Labute approximate surface area is 377 Å². The van der Waals surface area contributed by atoms with Gasteiger partial charge in [-0.2, -0.15) is 0 Å². The van der Waals surface area contributed by atoms with E-state index < -0.39 is 116 Å². The summed E-state index contributed by atoms with van der Waals surface area (Å²) in [6.45, 7) is 2.00. The highest BCUT2D eigenvalue weighted by molar-refractivity contribution is 5.75. The number of aliphatic hydroxyl groups excluding tert-OH is 5. The normalized spacial score (nSPS) is 33.7. The Morgan fingerprint density at radius 2 is 1.57 bits per heavy atom. The molecule has 19 nitrogen and oxygen atoms in total. The third kappa shape index (κ3) is 11.8. The van der Waals surface area contributed by atoms with Crippen LogP contribution in [0.25, 0.3) is 11.3 Å². The molecule has 0 spiro atoms. The van der Waals surface area contributed by atoms with Crippen molar-refractivity contribution in [1.82, 2.24) is 20.3 Å². The molecule has 9 unspecified atom stereocenters. The Hall–Kier alpha value is -4.41. The molecule has 6 N–H and O–H groups in total. The van der Waals surface area contributed by atoms with Crippen molar-refractivity contribution in [1.29, 1.82) is 0 Å². The van der Waals surface area contributed by atoms with Gasteiger partial charge in [-0.1, -0.05) is 98.0 Å². The second-order valence-electron chi connectivity index (χ2n) is 17.5. The minimum atomic E-state index is -1.73. The van der Waals surface area contributed by atoms with Crippen LogP contribution >= 0.6 is 0 Å². The number of nitrogens with one attached hydrogen (secondary N) is 1. The lowest BCUT2D eigenvalue weighted by molar-refractivity contribution is -0.338. The number of aliphatic hydroxyl groups is 5. The molecule has 2 saturated carbocycles. The molecule has 15 atom stereocenters. The number of rotatable bonds is 16. The number of hydrogen-bond donors (Lipinski definition) is 6. The summed E-state index contributed by atoms with van der Waals surface area (Å²) in [5.74, 6) is -2.56. The lowest BCUT2D eigenvalue weighted by Crippen LogP contribution is -2.67. The number of carbonyl (C=O) groups is 3. The molecule has 3 aromatic rings. The number of amides is 1. The van der Waals surface area contributed by atoms with Gasteiger partial charge in [0.15, 0.2) is 18.7 Å². The van der Waals surface area contributed by atoms with Crippen molar-refractivity contribution in [2.75, 3.05) is 13.7 Å². The van der Waals surface area contributed by atoms with Gasteiger partial charge in [-0.15, -0.1) is 5.10 Å². The zero-order valence-electron chi connectivity index (χ0n) is 36.8. The van der Waals surface area contributed by atoms with Crippen LogP contribution in [-0.2, 0) is 54.1 Å². The summed E-state index contributed by atoms with van der Waals surface area (Å²) >= 11 is 0. The van der Waals surface area contributed by atoms with Crippen LogP contribution in [0.15, 0.2) is 66.9 Å². The molecule has 7 rings (SSSR count). The van der Waals surface area contributed by atoms with Gasteiger partial charge in [-0.05, 0) is 37.7 Å². The monoisotopic (exact) mass is 910 g/mol. The zero-order chi connectivity index (χ0) is 46.2. The summed E-state index contributed by atoms with van der Waals surface area (Å²) < 4.78 is 44.6. The topological polar surface area (TPSA) is 260 Å². The minimum absolute atomic E-state index is 0.0287. The largest absolute Gasteiger partial charge is 0.469 e. The van der Waals surface area contributed by atoms with E-state index in [1.807, 2.05) is 60.7 Å². The van der Waals surface area contributed by atoms with Gasteiger partial charge in [0.2, 0.25) is 5.91 Å². The third-order valence-electron chi connectivity index (χ3n) is 13.0. The molecule has 356 valence electrons. The molecule has 0 bridgehead atoms. The molecule has 0 radical (unpaired) electrons. The molecule has 2 aliphatic carbocycles. The highest BCUT2D eigenvalue weighted by atomic mass is 16.7. The molecule has 2 saturated heterocycles. The first-order valence-corrected chi connectivity index (χ1v) is 22.5. The summed E-state index contributed by atoms with van der Waals surface area (Å²) in [5, 5.41) is 66.5. The van der Waals surface area contributed by atoms with E-state index in [2.05, 4.69) is 15.6 Å². The number of hydrogen-bond acceptors (Lipinski definition) is 17. The predicted octanol–water partition coefficient (Wildman–Crippen LogP) is 1.72. The maximum absolute atomic E-state index is 14.0. The standard InChI is InChI=1S/C46H62N4O15/c1-25-37(53)39(55)40(56)46(61-25)65-41-32(50-22-31(48-49-50)29-17-11-6-12-18-29)20-30(43(57)59-3)21-33(41)63-45-36(47-26(2)52)42(38(54)35(23-51)64-45)62-34(19-27-13-7-4-8-14-27)44(58)60-24-28-15-9-5-10-16-28/h5-6,9-12,15-18,22,25,27,30,32-42,45-46,51,53-56H,4,7-8,13-14,19-21,23-24H2,1-3H3,(H,47,52)/t25?,30?,32?,33-,34+,35?,36?,37-,38+,39?,40?,41?,42?,45-,46+/m1/s1. The Morgan fingerprint density at radius 1 is 0.862 bits per heavy atom. The molecule has 1 aromatic heterocycles. The summed E-state index contributed by atoms with van der Waals surface area (Å²) in [6.07, 6.45) is -10.1. The van der Waals surface area contributed by atoms with Crippen molar-refractivity contribution in [2.24, 2.45) is 11.8 Å². The Kier molecular flexibility index (Phi) is 16.7. The van der Waals surface area contributed by atoms with Crippen LogP contribution in [0.2, 0.25) is 0 Å². The molecule has 4 fully saturated rings. The van der Waals surface area contributed by atoms with Crippen LogP contribution in [0.3, 0.4) is 0 Å². The van der Waals surface area contributed by atoms with Crippen LogP contribution < -0.4 is 5.32 Å². The van der Waals surface area contributed by atoms with Crippen molar-refractivity contribution >= 4 is 17.8 Å². The minimum Gasteiger partial charge on any atom is -0.469 e. The quantitative estimate of drug-likeness (QED) is 0.112. The van der Waals surface area contributed by atoms with Gasteiger partial charge >= 0.3 is 11.9 Å². The second-order valence-corrected chi connectivity index (χ2v) is 17.5. The highest BCUT2D eigenvalue weighted by Gasteiger charge is 2.54. The Bertz CT molecular complexity index is 1990. The van der Waals surface area contributed by atoms with Crippen LogP contribution in [0.4, 0.5) is 0 Å². The van der Waals surface area contributed by atoms with Crippen LogP contribution in [0, 0.1) is 11.8 Å². The lowest BCUT2D eigenvalue weighted by atomic mass is 9.81. The van der Waals surface area contributed by atoms with Crippen LogP contribution in [0.5, 0.6) is 0 Å². The predicted molar refractivity (Wildman–Crippen MR) is 227 cm³/mol. The van der Waals surface area contributed by atoms with Crippen molar-refractivity contribution in [3.8, 4) is 11.3 Å². The number of aromatic nitrogens is 3. The molecule has 2 aromatic carbocycles. The molecular formula is C46H62N4O15. The third-order valence-corrected chi connectivity index (χ3v) is 13.0. The molecule has 65 heavy (non-hydrogen) atoms. The first-order chi connectivity index (χ1) is 31.3.